The van der Waals surface area contributed by atoms with Crippen LogP contribution >= 0.6 is 0 Å². The molecule has 0 aliphatic heterocycles. The molecule has 0 spiro atoms. The Morgan fingerprint density at radius 3 is 2.60 bits per heavy atom. The fraction of sp³-hybridized carbons (Fsp3) is 0.364. The van der Waals surface area contributed by atoms with Crippen LogP contribution in [-0.4, -0.2) is 35.9 Å². The maximum atomic E-state index is 11.9. The van der Waals surface area contributed by atoms with Crippen LogP contribution in [0.15, 0.2) is 15.8 Å². The third-order valence-corrected chi connectivity index (χ3v) is 3.02. The maximum absolute atomic E-state index is 11.9. The van der Waals surface area contributed by atoms with Crippen molar-refractivity contribution in [2.45, 2.75) is 26.9 Å². The van der Waals surface area contributed by atoms with E-state index in [1.807, 2.05) is 0 Å². The zero-order chi connectivity index (χ0) is 14.9. The number of nitrogens with one attached hydrogen (secondary N) is 1. The van der Waals surface area contributed by atoms with E-state index in [4.69, 9.17) is 5.11 Å². The van der Waals surface area contributed by atoms with Crippen molar-refractivity contribution >= 4 is 5.97 Å². The third-order valence-electron chi connectivity index (χ3n) is 3.02. The van der Waals surface area contributed by atoms with Crippen LogP contribution in [0.5, 0.6) is 0 Å². The maximum Gasteiger partial charge on any atom is 0.358 e. The van der Waals surface area contributed by atoms with Gasteiger partial charge in [0.05, 0.1) is 19.3 Å². The molecule has 2 aromatic heterocycles. The number of H-pyrrole nitrogens is 1. The van der Waals surface area contributed by atoms with Gasteiger partial charge in [-0.25, -0.2) is 14.2 Å². The van der Waals surface area contributed by atoms with Gasteiger partial charge in [0.2, 0.25) is 0 Å². The van der Waals surface area contributed by atoms with Crippen LogP contribution in [-0.2, 0) is 13.1 Å². The minimum absolute atomic E-state index is 0.164. The molecule has 0 bridgehead atoms. The first kappa shape index (κ1) is 13.7. The largest absolute Gasteiger partial charge is 0.476 e. The Balaban J connectivity index is 2.21. The Morgan fingerprint density at radius 1 is 1.30 bits per heavy atom. The molecule has 0 aliphatic carbocycles. The lowest BCUT2D eigenvalue weighted by Crippen LogP contribution is -2.34. The number of carbonyl (C=O) groups is 1. The summed E-state index contributed by atoms with van der Waals surface area (Å²) in [5.74, 6) is -1.17. The van der Waals surface area contributed by atoms with Gasteiger partial charge in [0.15, 0.2) is 5.69 Å². The Hall–Kier alpha value is -2.71. The molecule has 9 heteroatoms. The molecule has 2 rings (SSSR count). The highest BCUT2D eigenvalue weighted by Crippen LogP contribution is 1.94. The molecular weight excluding hydrogens is 266 g/mol. The monoisotopic (exact) mass is 279 g/mol. The first-order valence-electron chi connectivity index (χ1n) is 5.84. The van der Waals surface area contributed by atoms with Crippen LogP contribution in [0.2, 0.25) is 0 Å². The molecule has 0 atom stereocenters. The number of carboxylic acid groups (broad SMARTS) is 1. The standard InChI is InChI=1S/C11H13N5O4/c1-6-7(2)10(18)16(13-9(6)17)4-3-15-5-8(11(19)20)12-14-15/h5H,3-4H2,1-2H3,(H,13,17)(H,19,20). The third kappa shape index (κ3) is 2.51. The molecule has 0 unspecified atom stereocenters. The number of hydrogen-bond acceptors (Lipinski definition) is 5. The number of aryl methyl sites for hydroxylation is 2. The van der Waals surface area contributed by atoms with E-state index in [2.05, 4.69) is 15.4 Å². The second-order valence-electron chi connectivity index (χ2n) is 4.32. The fourth-order valence-electron chi connectivity index (χ4n) is 1.66. The van der Waals surface area contributed by atoms with Crippen LogP contribution in [0.3, 0.4) is 0 Å². The minimum atomic E-state index is -1.17. The Labute approximate surface area is 112 Å². The molecular formula is C11H13N5O4. The quantitative estimate of drug-likeness (QED) is 0.751. The van der Waals surface area contributed by atoms with Gasteiger partial charge in [-0.15, -0.1) is 5.10 Å². The summed E-state index contributed by atoms with van der Waals surface area (Å²) in [5.41, 5.74) is -0.0164. The van der Waals surface area contributed by atoms with E-state index >= 15 is 0 Å². The second-order valence-corrected chi connectivity index (χ2v) is 4.32. The van der Waals surface area contributed by atoms with E-state index in [9.17, 15) is 14.4 Å². The Kier molecular flexibility index (Phi) is 3.51. The SMILES string of the molecule is Cc1c(C)c(=O)n(CCn2cc(C(=O)O)nn2)[nH]c1=O. The van der Waals surface area contributed by atoms with Crippen molar-refractivity contribution in [3.63, 3.8) is 0 Å². The van der Waals surface area contributed by atoms with E-state index < -0.39 is 5.97 Å². The average Bonchev–Trinajstić information content (AvgIpc) is 2.88. The summed E-state index contributed by atoms with van der Waals surface area (Å²) in [7, 11) is 0. The number of aromatic amines is 1. The molecule has 20 heavy (non-hydrogen) atoms. The number of nitrogens with zero attached hydrogens (tertiary/aromatic N) is 4. The molecule has 2 N–H and O–H groups in total. The van der Waals surface area contributed by atoms with E-state index in [0.717, 1.165) is 0 Å². The fourth-order valence-corrected chi connectivity index (χ4v) is 1.66. The molecule has 0 aliphatic rings. The van der Waals surface area contributed by atoms with E-state index in [0.29, 0.717) is 11.1 Å². The summed E-state index contributed by atoms with van der Waals surface area (Å²) >= 11 is 0. The Morgan fingerprint density at radius 2 is 2.00 bits per heavy atom. The van der Waals surface area contributed by atoms with Crippen molar-refractivity contribution in [1.29, 1.82) is 0 Å². The summed E-state index contributed by atoms with van der Waals surface area (Å²) in [6, 6.07) is 0. The lowest BCUT2D eigenvalue weighted by Gasteiger charge is -2.07. The van der Waals surface area contributed by atoms with Crippen LogP contribution < -0.4 is 11.1 Å². The summed E-state index contributed by atoms with van der Waals surface area (Å²) in [6.45, 7) is 3.55. The van der Waals surface area contributed by atoms with E-state index in [1.165, 1.54) is 15.6 Å². The lowest BCUT2D eigenvalue weighted by atomic mass is 10.2. The number of aromatic carboxylic acids is 1. The summed E-state index contributed by atoms with van der Waals surface area (Å²) in [5, 5.41) is 18.2. The van der Waals surface area contributed by atoms with Gasteiger partial charge in [-0.2, -0.15) is 0 Å². The smallest absolute Gasteiger partial charge is 0.358 e. The summed E-state index contributed by atoms with van der Waals surface area (Å²) in [6.07, 6.45) is 1.26. The predicted molar refractivity (Wildman–Crippen MR) is 67.8 cm³/mol. The van der Waals surface area contributed by atoms with Gasteiger partial charge in [-0.1, -0.05) is 5.21 Å². The predicted octanol–water partition coefficient (Wildman–Crippen LogP) is -0.857. The van der Waals surface area contributed by atoms with E-state index in [-0.39, 0.29) is 29.9 Å². The van der Waals surface area contributed by atoms with Gasteiger partial charge in [-0.3, -0.25) is 14.7 Å². The molecule has 0 radical (unpaired) electrons. The van der Waals surface area contributed by atoms with Crippen LogP contribution in [0.4, 0.5) is 0 Å². The molecule has 0 fully saturated rings. The van der Waals surface area contributed by atoms with Gasteiger partial charge < -0.3 is 5.11 Å². The van der Waals surface area contributed by atoms with Gasteiger partial charge in [0.1, 0.15) is 0 Å². The van der Waals surface area contributed by atoms with Gasteiger partial charge in [0.25, 0.3) is 11.1 Å². The van der Waals surface area contributed by atoms with Gasteiger partial charge >= 0.3 is 5.97 Å². The molecule has 2 heterocycles. The van der Waals surface area contributed by atoms with Crippen molar-refractivity contribution in [2.24, 2.45) is 0 Å². The van der Waals surface area contributed by atoms with Crippen molar-refractivity contribution in [3.8, 4) is 0 Å². The molecule has 9 nitrogen and oxygen atoms in total. The zero-order valence-electron chi connectivity index (χ0n) is 11.0. The minimum Gasteiger partial charge on any atom is -0.476 e. The number of aromatic nitrogens is 5. The number of carboxylic acids is 1. The van der Waals surface area contributed by atoms with Crippen molar-refractivity contribution in [1.82, 2.24) is 24.8 Å². The molecule has 0 saturated heterocycles. The van der Waals surface area contributed by atoms with Crippen molar-refractivity contribution < 1.29 is 9.90 Å². The average molecular weight is 279 g/mol. The van der Waals surface area contributed by atoms with E-state index in [1.54, 1.807) is 13.8 Å². The van der Waals surface area contributed by atoms with Gasteiger partial charge in [0, 0.05) is 11.1 Å². The highest BCUT2D eigenvalue weighted by atomic mass is 16.4. The molecule has 106 valence electrons. The molecule has 0 amide bonds. The molecule has 0 aromatic carbocycles. The van der Waals surface area contributed by atoms with Crippen molar-refractivity contribution in [3.05, 3.63) is 43.7 Å². The zero-order valence-corrected chi connectivity index (χ0v) is 11.0. The van der Waals surface area contributed by atoms with Gasteiger partial charge in [-0.05, 0) is 13.8 Å². The first-order valence-corrected chi connectivity index (χ1v) is 5.84. The summed E-state index contributed by atoms with van der Waals surface area (Å²) in [4.78, 5) is 34.2. The summed E-state index contributed by atoms with van der Waals surface area (Å²) < 4.78 is 2.47. The number of rotatable bonds is 4. The van der Waals surface area contributed by atoms with Crippen molar-refractivity contribution in [2.75, 3.05) is 0 Å². The van der Waals surface area contributed by atoms with Crippen LogP contribution in [0.25, 0.3) is 0 Å². The van der Waals surface area contributed by atoms with Crippen LogP contribution in [0, 0.1) is 13.8 Å². The first-order chi connectivity index (χ1) is 9.40. The molecule has 0 saturated carbocycles. The van der Waals surface area contributed by atoms with Crippen LogP contribution in [0.1, 0.15) is 21.6 Å². The lowest BCUT2D eigenvalue weighted by molar-refractivity contribution is 0.0690. The number of hydrogen-bond donors (Lipinski definition) is 2. The normalized spacial score (nSPS) is 10.7. The Bertz CT molecular complexity index is 770. The molecule has 2 aromatic rings. The highest BCUT2D eigenvalue weighted by molar-refractivity contribution is 5.84. The second kappa shape index (κ2) is 5.11. The topological polar surface area (TPSA) is 123 Å². The highest BCUT2D eigenvalue weighted by Gasteiger charge is 2.10.